The summed E-state index contributed by atoms with van der Waals surface area (Å²) in [7, 11) is 0. The van der Waals surface area contributed by atoms with E-state index in [1.54, 1.807) is 6.92 Å². The molecule has 0 bridgehead atoms. The first-order valence-electron chi connectivity index (χ1n) is 7.40. The summed E-state index contributed by atoms with van der Waals surface area (Å²) in [5, 5.41) is 6.38. The molecular formula is C14H23ClF2N4O. The van der Waals surface area contributed by atoms with Crippen LogP contribution in [0.25, 0.3) is 0 Å². The number of carbonyl (C=O) groups is 1. The molecule has 1 aromatic rings. The van der Waals surface area contributed by atoms with Gasteiger partial charge in [-0.2, -0.15) is 5.10 Å². The Morgan fingerprint density at radius 1 is 1.41 bits per heavy atom. The molecule has 126 valence electrons. The van der Waals surface area contributed by atoms with Gasteiger partial charge in [0.15, 0.2) is 0 Å². The van der Waals surface area contributed by atoms with Crippen LogP contribution in [0.5, 0.6) is 0 Å². The summed E-state index contributed by atoms with van der Waals surface area (Å²) in [6, 6.07) is 0. The summed E-state index contributed by atoms with van der Waals surface area (Å²) in [6.07, 6.45) is -1.90. The minimum Gasteiger partial charge on any atom is -0.354 e. The first-order valence-corrected chi connectivity index (χ1v) is 7.78. The molecule has 0 atom stereocenters. The van der Waals surface area contributed by atoms with Gasteiger partial charge in [-0.25, -0.2) is 8.78 Å². The summed E-state index contributed by atoms with van der Waals surface area (Å²) < 4.78 is 26.6. The average Bonchev–Trinajstić information content (AvgIpc) is 2.76. The van der Waals surface area contributed by atoms with Gasteiger partial charge in [-0.1, -0.05) is 25.4 Å². The number of hydrogen-bond donors (Lipinski definition) is 1. The van der Waals surface area contributed by atoms with Crippen LogP contribution >= 0.6 is 11.6 Å². The SMILES string of the molecule is CCN(CC)CCCNC(=O)Cn1nc(C(F)F)c(Cl)c1C. The standard InChI is InChI=1S/C14H23ClF2N4O/c1-4-20(5-2)8-6-7-18-11(22)9-21-10(3)12(15)13(19-21)14(16)17/h14H,4-9H2,1-3H3,(H,18,22). The second-order valence-electron chi connectivity index (χ2n) is 4.97. The van der Waals surface area contributed by atoms with E-state index >= 15 is 0 Å². The zero-order chi connectivity index (χ0) is 16.7. The van der Waals surface area contributed by atoms with E-state index in [4.69, 9.17) is 11.6 Å². The highest BCUT2D eigenvalue weighted by Crippen LogP contribution is 2.28. The fraction of sp³-hybridized carbons (Fsp3) is 0.714. The third-order valence-electron chi connectivity index (χ3n) is 3.53. The number of aromatic nitrogens is 2. The summed E-state index contributed by atoms with van der Waals surface area (Å²) in [5.74, 6) is -0.261. The molecule has 0 aliphatic carbocycles. The number of amides is 1. The van der Waals surface area contributed by atoms with Gasteiger partial charge < -0.3 is 10.2 Å². The Morgan fingerprint density at radius 3 is 2.55 bits per heavy atom. The largest absolute Gasteiger partial charge is 0.354 e. The van der Waals surface area contributed by atoms with Crippen LogP contribution in [0.3, 0.4) is 0 Å². The predicted octanol–water partition coefficient (Wildman–Crippen LogP) is 2.63. The molecule has 1 aromatic heterocycles. The average molecular weight is 337 g/mol. The Bertz CT molecular complexity index is 489. The van der Waals surface area contributed by atoms with Gasteiger partial charge in [-0.3, -0.25) is 9.48 Å². The van der Waals surface area contributed by atoms with Gasteiger partial charge in [0, 0.05) is 6.54 Å². The van der Waals surface area contributed by atoms with Crippen LogP contribution in [0.1, 0.15) is 38.1 Å². The van der Waals surface area contributed by atoms with E-state index in [9.17, 15) is 13.6 Å². The topological polar surface area (TPSA) is 50.2 Å². The van der Waals surface area contributed by atoms with Gasteiger partial charge in [0.25, 0.3) is 6.43 Å². The number of alkyl halides is 2. The van der Waals surface area contributed by atoms with Gasteiger partial charge in [0.2, 0.25) is 5.91 Å². The second-order valence-corrected chi connectivity index (χ2v) is 5.35. The minimum atomic E-state index is -2.75. The lowest BCUT2D eigenvalue weighted by atomic mass is 10.3. The first kappa shape index (κ1) is 18.8. The highest BCUT2D eigenvalue weighted by Gasteiger charge is 2.21. The van der Waals surface area contributed by atoms with Crippen molar-refractivity contribution in [1.82, 2.24) is 20.0 Å². The van der Waals surface area contributed by atoms with Crippen molar-refractivity contribution >= 4 is 17.5 Å². The first-order chi connectivity index (χ1) is 10.4. The Balaban J connectivity index is 2.44. The maximum Gasteiger partial charge on any atom is 0.283 e. The smallest absolute Gasteiger partial charge is 0.283 e. The molecule has 0 aliphatic heterocycles. The summed E-state index contributed by atoms with van der Waals surface area (Å²) in [5.41, 5.74) is -0.108. The number of hydrogen-bond acceptors (Lipinski definition) is 3. The normalized spacial score (nSPS) is 11.5. The molecule has 0 aromatic carbocycles. The van der Waals surface area contributed by atoms with E-state index in [0.717, 1.165) is 26.1 Å². The van der Waals surface area contributed by atoms with Crippen LogP contribution in [0.15, 0.2) is 0 Å². The molecule has 0 saturated heterocycles. The van der Waals surface area contributed by atoms with Crippen molar-refractivity contribution in [3.8, 4) is 0 Å². The third kappa shape index (κ3) is 5.21. The molecule has 8 heteroatoms. The van der Waals surface area contributed by atoms with Gasteiger partial charge in [0.1, 0.15) is 12.2 Å². The zero-order valence-electron chi connectivity index (χ0n) is 13.2. The quantitative estimate of drug-likeness (QED) is 0.705. The van der Waals surface area contributed by atoms with Gasteiger partial charge in [-0.15, -0.1) is 0 Å². The van der Waals surface area contributed by atoms with E-state index in [2.05, 4.69) is 29.2 Å². The lowest BCUT2D eigenvalue weighted by Gasteiger charge is -2.17. The van der Waals surface area contributed by atoms with Crippen molar-refractivity contribution < 1.29 is 13.6 Å². The Hall–Kier alpha value is -1.21. The van der Waals surface area contributed by atoms with Crippen LogP contribution in [-0.2, 0) is 11.3 Å². The molecule has 0 unspecified atom stereocenters. The molecular weight excluding hydrogens is 314 g/mol. The van der Waals surface area contributed by atoms with Crippen molar-refractivity contribution in [3.05, 3.63) is 16.4 Å². The van der Waals surface area contributed by atoms with Crippen LogP contribution in [0.4, 0.5) is 8.78 Å². The molecule has 1 N–H and O–H groups in total. The van der Waals surface area contributed by atoms with Crippen LogP contribution in [0, 0.1) is 6.92 Å². The lowest BCUT2D eigenvalue weighted by molar-refractivity contribution is -0.121. The molecule has 1 rings (SSSR count). The van der Waals surface area contributed by atoms with E-state index in [-0.39, 0.29) is 17.5 Å². The minimum absolute atomic E-state index is 0.0793. The number of nitrogens with one attached hydrogen (secondary N) is 1. The van der Waals surface area contributed by atoms with Crippen molar-refractivity contribution in [2.75, 3.05) is 26.2 Å². The fourth-order valence-corrected chi connectivity index (χ4v) is 2.32. The third-order valence-corrected chi connectivity index (χ3v) is 3.99. The zero-order valence-corrected chi connectivity index (χ0v) is 14.0. The van der Waals surface area contributed by atoms with E-state index in [1.807, 2.05) is 0 Å². The van der Waals surface area contributed by atoms with Crippen LogP contribution in [0.2, 0.25) is 5.02 Å². The summed E-state index contributed by atoms with van der Waals surface area (Å²) in [4.78, 5) is 14.1. The summed E-state index contributed by atoms with van der Waals surface area (Å²) >= 11 is 5.79. The number of halogens is 3. The molecule has 0 aliphatic rings. The molecule has 0 saturated carbocycles. The molecule has 1 heterocycles. The Morgan fingerprint density at radius 2 is 2.05 bits per heavy atom. The molecule has 1 amide bonds. The van der Waals surface area contributed by atoms with Gasteiger partial charge in [0.05, 0.1) is 10.7 Å². The number of rotatable bonds is 9. The Kier molecular flexibility index (Phi) is 7.75. The van der Waals surface area contributed by atoms with E-state index < -0.39 is 12.1 Å². The van der Waals surface area contributed by atoms with Gasteiger partial charge in [-0.05, 0) is 33.0 Å². The fourth-order valence-electron chi connectivity index (χ4n) is 2.10. The monoisotopic (exact) mass is 336 g/mol. The molecule has 5 nitrogen and oxygen atoms in total. The molecule has 0 radical (unpaired) electrons. The number of nitrogens with zero attached hydrogens (tertiary/aromatic N) is 3. The van der Waals surface area contributed by atoms with E-state index in [0.29, 0.717) is 12.2 Å². The molecule has 0 fully saturated rings. The van der Waals surface area contributed by atoms with Crippen LogP contribution in [-0.4, -0.2) is 46.8 Å². The second kappa shape index (κ2) is 9.05. The summed E-state index contributed by atoms with van der Waals surface area (Å²) in [6.45, 7) is 9.05. The van der Waals surface area contributed by atoms with Gasteiger partial charge >= 0.3 is 0 Å². The molecule has 22 heavy (non-hydrogen) atoms. The lowest BCUT2D eigenvalue weighted by Crippen LogP contribution is -2.32. The number of carbonyl (C=O) groups excluding carboxylic acids is 1. The Labute approximate surface area is 134 Å². The van der Waals surface area contributed by atoms with Crippen LogP contribution < -0.4 is 5.32 Å². The van der Waals surface area contributed by atoms with Crippen molar-refractivity contribution in [2.24, 2.45) is 0 Å². The predicted molar refractivity (Wildman–Crippen MR) is 82.3 cm³/mol. The van der Waals surface area contributed by atoms with E-state index in [1.165, 1.54) is 4.68 Å². The highest BCUT2D eigenvalue weighted by molar-refractivity contribution is 6.31. The van der Waals surface area contributed by atoms with Crippen molar-refractivity contribution in [2.45, 2.75) is 40.2 Å². The van der Waals surface area contributed by atoms with Crippen molar-refractivity contribution in [3.63, 3.8) is 0 Å². The maximum absolute atomic E-state index is 12.7. The maximum atomic E-state index is 12.7. The molecule has 0 spiro atoms. The highest BCUT2D eigenvalue weighted by atomic mass is 35.5. The van der Waals surface area contributed by atoms with Crippen molar-refractivity contribution in [1.29, 1.82) is 0 Å².